The smallest absolute Gasteiger partial charge is 0.200 e. The Morgan fingerprint density at radius 3 is 1.45 bits per heavy atom. The first-order chi connectivity index (χ1) is 41.4. The number of phenolic OH excluding ortho intramolecular Hbond substituents is 6. The molecule has 420 valence electrons. The fourth-order valence-electron chi connectivity index (χ4n) is 13.4. The molecule has 0 spiro atoms. The van der Waals surface area contributed by atoms with E-state index in [0.29, 0.717) is 24.0 Å². The van der Waals surface area contributed by atoms with Gasteiger partial charge in [0.25, 0.3) is 0 Å². The third-order valence-electron chi connectivity index (χ3n) is 17.5. The molecule has 0 bridgehead atoms. The first kappa shape index (κ1) is 53.7. The average molecular weight is 1120 g/mol. The first-order valence-electron chi connectivity index (χ1n) is 28.5. The van der Waals surface area contributed by atoms with E-state index in [1.807, 2.05) is 103 Å². The summed E-state index contributed by atoms with van der Waals surface area (Å²) in [7, 11) is 0. The van der Waals surface area contributed by atoms with Gasteiger partial charge in [0.15, 0.2) is 34.5 Å². The van der Waals surface area contributed by atoms with Crippen LogP contribution in [0.1, 0.15) is 86.0 Å². The zero-order chi connectivity index (χ0) is 58.6. The number of anilines is 1. The highest BCUT2D eigenvalue weighted by Gasteiger charge is 2.43. The molecule has 3 aliphatic rings. The van der Waals surface area contributed by atoms with Crippen molar-refractivity contribution in [1.82, 2.24) is 15.0 Å². The molecule has 3 heterocycles. The third-order valence-corrected chi connectivity index (χ3v) is 17.5. The molecule has 9 aromatic carbocycles. The Morgan fingerprint density at radius 2 is 0.871 bits per heavy atom. The minimum atomic E-state index is -1.66. The Hall–Kier alpha value is -10.6. The summed E-state index contributed by atoms with van der Waals surface area (Å²) in [4.78, 5) is 10.0. The van der Waals surface area contributed by atoms with E-state index in [2.05, 4.69) is 119 Å². The minimum Gasteiger partial charge on any atom is -0.504 e. The number of phenols is 6. The van der Waals surface area contributed by atoms with Gasteiger partial charge in [0.05, 0.1) is 0 Å². The molecule has 0 radical (unpaired) electrons. The highest BCUT2D eigenvalue weighted by molar-refractivity contribution is 5.95. The Bertz CT molecular complexity index is 4590. The number of para-hydroxylation sites is 3. The van der Waals surface area contributed by atoms with E-state index in [0.717, 1.165) is 68.2 Å². The number of fused-ring (bicyclic) bond motifs is 6. The number of rotatable bonds is 10. The largest absolute Gasteiger partial charge is 0.504 e. The van der Waals surface area contributed by atoms with Crippen molar-refractivity contribution in [3.63, 3.8) is 0 Å². The van der Waals surface area contributed by atoms with Crippen LogP contribution in [0.5, 0.6) is 34.5 Å². The highest BCUT2D eigenvalue weighted by Crippen LogP contribution is 2.55. The van der Waals surface area contributed by atoms with Crippen molar-refractivity contribution in [3.05, 3.63) is 298 Å². The Kier molecular flexibility index (Phi) is 13.6. The van der Waals surface area contributed by atoms with Crippen LogP contribution in [0.4, 0.5) is 5.69 Å². The molecular formula is C74H62N4O7. The minimum absolute atomic E-state index is 0.190. The Morgan fingerprint density at radius 1 is 0.447 bits per heavy atom. The van der Waals surface area contributed by atoms with E-state index in [1.165, 1.54) is 62.0 Å². The van der Waals surface area contributed by atoms with Crippen molar-refractivity contribution in [2.75, 3.05) is 5.73 Å². The van der Waals surface area contributed by atoms with Crippen LogP contribution in [0.25, 0.3) is 49.4 Å². The van der Waals surface area contributed by atoms with Crippen LogP contribution in [0.2, 0.25) is 0 Å². The quantitative estimate of drug-likeness (QED) is 0.0467. The van der Waals surface area contributed by atoms with Crippen LogP contribution in [-0.4, -0.2) is 50.7 Å². The van der Waals surface area contributed by atoms with Crippen molar-refractivity contribution in [3.8, 4) is 34.5 Å². The zero-order valence-electron chi connectivity index (χ0n) is 46.6. The van der Waals surface area contributed by atoms with Gasteiger partial charge in [-0.05, 0) is 153 Å². The van der Waals surface area contributed by atoms with Gasteiger partial charge in [0.2, 0.25) is 0 Å². The molecule has 11 heteroatoms. The molecule has 11 nitrogen and oxygen atoms in total. The molecule has 12 aromatic rings. The van der Waals surface area contributed by atoms with Crippen LogP contribution in [0, 0.1) is 0 Å². The van der Waals surface area contributed by atoms with Crippen molar-refractivity contribution in [2.24, 2.45) is 0 Å². The summed E-state index contributed by atoms with van der Waals surface area (Å²) < 4.78 is 0. The van der Waals surface area contributed by atoms with Crippen LogP contribution in [0.3, 0.4) is 0 Å². The maximum Gasteiger partial charge on any atom is 0.200 e. The van der Waals surface area contributed by atoms with Gasteiger partial charge in [-0.3, -0.25) is 0 Å². The summed E-state index contributed by atoms with van der Waals surface area (Å²) in [6, 6.07) is 63.3. The molecule has 12 N–H and O–H groups in total. The Labute approximate surface area is 490 Å². The molecule has 0 fully saturated rings. The fourth-order valence-corrected chi connectivity index (χ4v) is 13.4. The topological polar surface area (TPSA) is 215 Å². The maximum atomic E-state index is 12.2. The number of nitrogen functional groups attached to an aromatic ring is 1. The summed E-state index contributed by atoms with van der Waals surface area (Å²) >= 11 is 0. The van der Waals surface area contributed by atoms with Gasteiger partial charge < -0.3 is 56.4 Å². The highest BCUT2D eigenvalue weighted by atomic mass is 16.3. The number of hydrogen-bond donors (Lipinski definition) is 11. The number of aliphatic hydroxyl groups is 1. The SMILES string of the molecule is CCC(C1=CCc2ccccc21)(c1cc(O)c(O)c(O)c1)c1c[nH]c2ccccc12.Nc1ccc(C(C2=CCc3ccccc32)c2c[nH]c3ccccc23)cc1.Oc1cc(C(O)(C2=CCc3ccccc32)c2c[nH]c3ccccc23)cc(O)c1O. The summed E-state index contributed by atoms with van der Waals surface area (Å²) in [6.07, 6.45) is 15.7. The summed E-state index contributed by atoms with van der Waals surface area (Å²) in [5, 5.41) is 76.2. The lowest BCUT2D eigenvalue weighted by molar-refractivity contribution is 0.146. The van der Waals surface area contributed by atoms with E-state index in [4.69, 9.17) is 5.73 Å². The van der Waals surface area contributed by atoms with Crippen LogP contribution in [-0.2, 0) is 30.3 Å². The lowest BCUT2D eigenvalue weighted by atomic mass is 9.65. The van der Waals surface area contributed by atoms with E-state index >= 15 is 0 Å². The van der Waals surface area contributed by atoms with Gasteiger partial charge in [0.1, 0.15) is 5.60 Å². The second kappa shape index (κ2) is 21.6. The lowest BCUT2D eigenvalue weighted by Crippen LogP contribution is -2.28. The molecule has 3 aliphatic carbocycles. The molecule has 3 aromatic heterocycles. The van der Waals surface area contributed by atoms with Gasteiger partial charge in [-0.2, -0.15) is 0 Å². The van der Waals surface area contributed by atoms with Crippen molar-refractivity contribution >= 4 is 55.1 Å². The number of benzene rings is 9. The van der Waals surface area contributed by atoms with Crippen LogP contribution in [0.15, 0.2) is 231 Å². The van der Waals surface area contributed by atoms with E-state index in [1.54, 1.807) is 18.3 Å². The van der Waals surface area contributed by atoms with Crippen LogP contribution >= 0.6 is 0 Å². The van der Waals surface area contributed by atoms with Crippen molar-refractivity contribution < 1.29 is 35.7 Å². The predicted octanol–water partition coefficient (Wildman–Crippen LogP) is 15.3. The number of allylic oxidation sites excluding steroid dienone is 5. The molecule has 0 saturated carbocycles. The molecule has 3 atom stereocenters. The first-order valence-corrected chi connectivity index (χ1v) is 28.5. The normalized spacial score (nSPS) is 14.8. The van der Waals surface area contributed by atoms with Crippen molar-refractivity contribution in [2.45, 2.75) is 49.5 Å². The van der Waals surface area contributed by atoms with Gasteiger partial charge in [-0.15, -0.1) is 0 Å². The Balaban J connectivity index is 0.000000119. The third kappa shape index (κ3) is 9.13. The zero-order valence-corrected chi connectivity index (χ0v) is 46.6. The van der Waals surface area contributed by atoms with E-state index in [9.17, 15) is 35.7 Å². The average Bonchev–Trinajstić information content (AvgIpc) is 2.11. The molecule has 0 saturated heterocycles. The van der Waals surface area contributed by atoms with Gasteiger partial charge >= 0.3 is 0 Å². The summed E-state index contributed by atoms with van der Waals surface area (Å²) in [5.41, 5.74) is 23.2. The molecule has 15 rings (SSSR count). The fraction of sp³-hybridized carbons (Fsp3) is 0.108. The monoisotopic (exact) mass is 1120 g/mol. The summed E-state index contributed by atoms with van der Waals surface area (Å²) in [5.74, 6) is -2.56. The number of nitrogens with one attached hydrogen (secondary N) is 3. The van der Waals surface area contributed by atoms with Gasteiger partial charge in [-0.25, -0.2) is 0 Å². The lowest BCUT2D eigenvalue weighted by Gasteiger charge is -2.36. The number of hydrogen-bond acceptors (Lipinski definition) is 8. The molecule has 0 amide bonds. The van der Waals surface area contributed by atoms with Gasteiger partial charge in [0, 0.05) is 79.4 Å². The second-order valence-electron chi connectivity index (χ2n) is 22.1. The number of nitrogens with two attached hydrogens (primary N) is 1. The molecule has 85 heavy (non-hydrogen) atoms. The van der Waals surface area contributed by atoms with E-state index < -0.39 is 34.0 Å². The number of H-pyrrole nitrogens is 3. The number of aromatic hydroxyl groups is 6. The number of aromatic amines is 3. The van der Waals surface area contributed by atoms with Gasteiger partial charge in [-0.1, -0.05) is 165 Å². The standard InChI is InChI=1S/C26H23NO3.C24H20N2.C24H19NO4/c1-2-26(17-13-23(28)25(30)24(29)14-17,20-12-11-16-7-3-4-8-18(16)20)21-15-27-22-10-6-5-9-19(21)22;25-18-12-9-17(10-13-18)24(21-14-11-16-5-1-2-6-19(16)21)22-15-26-23-8-4-3-7-20(22)23;26-21-11-15(12-22(27)23(21)28)24(29,18-10-9-14-5-1-2-6-16(14)18)19-13-25-20-8-4-3-7-17(19)20/h3-10,12-15,27-30H,2,11H2,1H3;1-10,12-15,24,26H,11,25H2;1-8,10-13,25-29H,9H2. The summed E-state index contributed by atoms with van der Waals surface area (Å²) in [6.45, 7) is 2.12. The molecule has 3 unspecified atom stereocenters. The maximum absolute atomic E-state index is 12.2. The number of aromatic nitrogens is 3. The second-order valence-corrected chi connectivity index (χ2v) is 22.1. The van der Waals surface area contributed by atoms with Crippen LogP contribution < -0.4 is 5.73 Å². The van der Waals surface area contributed by atoms with Crippen molar-refractivity contribution in [1.29, 1.82) is 0 Å². The van der Waals surface area contributed by atoms with E-state index in [-0.39, 0.29) is 23.0 Å². The molecular weight excluding hydrogens is 1060 g/mol. The molecule has 0 aliphatic heterocycles. The predicted molar refractivity (Wildman–Crippen MR) is 339 cm³/mol.